The van der Waals surface area contributed by atoms with Crippen LogP contribution in [-0.2, 0) is 4.79 Å². The van der Waals surface area contributed by atoms with Gasteiger partial charge in [-0.3, -0.25) is 5.32 Å². The minimum absolute atomic E-state index is 0.314. The van der Waals surface area contributed by atoms with Crippen molar-refractivity contribution in [2.45, 2.75) is 19.4 Å². The highest BCUT2D eigenvalue weighted by atomic mass is 32.1. The molecule has 1 aromatic rings. The predicted octanol–water partition coefficient (Wildman–Crippen LogP) is 0.523. The van der Waals surface area contributed by atoms with Gasteiger partial charge in [-0.15, -0.1) is 10.2 Å². The SMILES string of the molecule is CC(C)(NC(=O)Nc1nncs1)C(=O)O. The molecular weight excluding hydrogens is 220 g/mol. The summed E-state index contributed by atoms with van der Waals surface area (Å²) >= 11 is 1.14. The van der Waals surface area contributed by atoms with Crippen LogP contribution in [0.5, 0.6) is 0 Å². The van der Waals surface area contributed by atoms with Crippen molar-refractivity contribution in [3.8, 4) is 0 Å². The van der Waals surface area contributed by atoms with Gasteiger partial charge < -0.3 is 10.4 Å². The Kier molecular flexibility index (Phi) is 3.20. The van der Waals surface area contributed by atoms with Gasteiger partial charge >= 0.3 is 12.0 Å². The summed E-state index contributed by atoms with van der Waals surface area (Å²) in [6.07, 6.45) is 0. The maximum Gasteiger partial charge on any atom is 0.328 e. The molecule has 0 radical (unpaired) electrons. The van der Waals surface area contributed by atoms with Crippen LogP contribution in [0, 0.1) is 0 Å². The van der Waals surface area contributed by atoms with Crippen molar-refractivity contribution < 1.29 is 14.7 Å². The van der Waals surface area contributed by atoms with E-state index in [0.29, 0.717) is 5.13 Å². The lowest BCUT2D eigenvalue weighted by Gasteiger charge is -2.20. The van der Waals surface area contributed by atoms with Crippen molar-refractivity contribution in [3.63, 3.8) is 0 Å². The smallest absolute Gasteiger partial charge is 0.328 e. The zero-order chi connectivity index (χ0) is 11.5. The zero-order valence-corrected chi connectivity index (χ0v) is 8.96. The maximum absolute atomic E-state index is 11.3. The molecule has 1 rings (SSSR count). The maximum atomic E-state index is 11.3. The van der Waals surface area contributed by atoms with E-state index in [1.54, 1.807) is 0 Å². The summed E-state index contributed by atoms with van der Waals surface area (Å²) in [6.45, 7) is 2.77. The highest BCUT2D eigenvalue weighted by Crippen LogP contribution is 2.08. The van der Waals surface area contributed by atoms with Crippen molar-refractivity contribution in [2.24, 2.45) is 0 Å². The van der Waals surface area contributed by atoms with E-state index in [4.69, 9.17) is 5.11 Å². The average molecular weight is 230 g/mol. The summed E-state index contributed by atoms with van der Waals surface area (Å²) in [7, 11) is 0. The number of aromatic nitrogens is 2. The number of hydrogen-bond acceptors (Lipinski definition) is 5. The van der Waals surface area contributed by atoms with Crippen LogP contribution >= 0.6 is 11.3 Å². The molecule has 0 atom stereocenters. The number of carbonyl (C=O) groups is 2. The van der Waals surface area contributed by atoms with Gasteiger partial charge in [0.15, 0.2) is 0 Å². The Morgan fingerprint density at radius 2 is 2.20 bits per heavy atom. The van der Waals surface area contributed by atoms with Gasteiger partial charge in [-0.25, -0.2) is 9.59 Å². The Labute approximate surface area is 89.5 Å². The van der Waals surface area contributed by atoms with E-state index in [9.17, 15) is 9.59 Å². The number of carbonyl (C=O) groups excluding carboxylic acids is 1. The van der Waals surface area contributed by atoms with Gasteiger partial charge in [0.1, 0.15) is 11.0 Å². The third-order valence-corrected chi connectivity index (χ3v) is 2.15. The van der Waals surface area contributed by atoms with Gasteiger partial charge in [0.05, 0.1) is 0 Å². The molecule has 0 saturated heterocycles. The van der Waals surface area contributed by atoms with Crippen LogP contribution in [0.1, 0.15) is 13.8 Å². The summed E-state index contributed by atoms with van der Waals surface area (Å²) in [4.78, 5) is 22.0. The molecule has 0 spiro atoms. The number of anilines is 1. The zero-order valence-electron chi connectivity index (χ0n) is 8.14. The van der Waals surface area contributed by atoms with Crippen LogP contribution in [-0.4, -0.2) is 32.8 Å². The van der Waals surface area contributed by atoms with Crippen LogP contribution in [0.2, 0.25) is 0 Å². The van der Waals surface area contributed by atoms with E-state index in [2.05, 4.69) is 20.8 Å². The lowest BCUT2D eigenvalue weighted by Crippen LogP contribution is -2.51. The monoisotopic (exact) mass is 230 g/mol. The molecule has 0 unspecified atom stereocenters. The molecule has 0 bridgehead atoms. The van der Waals surface area contributed by atoms with Gasteiger partial charge in [-0.05, 0) is 13.8 Å². The molecule has 0 aliphatic carbocycles. The minimum Gasteiger partial charge on any atom is -0.480 e. The number of carboxylic acid groups (broad SMARTS) is 1. The largest absolute Gasteiger partial charge is 0.480 e. The fraction of sp³-hybridized carbons (Fsp3) is 0.429. The van der Waals surface area contributed by atoms with Crippen LogP contribution in [0.15, 0.2) is 5.51 Å². The van der Waals surface area contributed by atoms with Crippen LogP contribution in [0.3, 0.4) is 0 Å². The summed E-state index contributed by atoms with van der Waals surface area (Å²) in [5, 5.41) is 20.8. The Bertz CT molecular complexity index is 362. The molecule has 0 aliphatic rings. The summed E-state index contributed by atoms with van der Waals surface area (Å²) in [6, 6.07) is -0.626. The molecule has 82 valence electrons. The Hall–Kier alpha value is -1.70. The van der Waals surface area contributed by atoms with E-state index in [1.807, 2.05) is 0 Å². The van der Waals surface area contributed by atoms with Crippen molar-refractivity contribution in [1.29, 1.82) is 0 Å². The Morgan fingerprint density at radius 1 is 1.53 bits per heavy atom. The molecular formula is C7H10N4O3S. The van der Waals surface area contributed by atoms with Crippen LogP contribution in [0.25, 0.3) is 0 Å². The third-order valence-electron chi connectivity index (χ3n) is 1.54. The van der Waals surface area contributed by atoms with Gasteiger partial charge in [0.2, 0.25) is 5.13 Å². The van der Waals surface area contributed by atoms with Crippen molar-refractivity contribution in [2.75, 3.05) is 5.32 Å². The molecule has 15 heavy (non-hydrogen) atoms. The number of hydrogen-bond donors (Lipinski definition) is 3. The minimum atomic E-state index is -1.32. The molecule has 3 N–H and O–H groups in total. The first-order valence-corrected chi connectivity index (χ1v) is 4.88. The second-order valence-corrected chi connectivity index (χ2v) is 4.09. The molecule has 0 fully saturated rings. The molecule has 1 heterocycles. The van der Waals surface area contributed by atoms with E-state index in [0.717, 1.165) is 11.3 Å². The van der Waals surface area contributed by atoms with E-state index in [1.165, 1.54) is 19.4 Å². The Morgan fingerprint density at radius 3 is 2.67 bits per heavy atom. The first-order chi connectivity index (χ1) is 6.92. The molecule has 0 saturated carbocycles. The normalized spacial score (nSPS) is 10.8. The number of rotatable bonds is 3. The lowest BCUT2D eigenvalue weighted by molar-refractivity contribution is -0.142. The third kappa shape index (κ3) is 3.17. The van der Waals surface area contributed by atoms with Crippen LogP contribution in [0.4, 0.5) is 9.93 Å². The van der Waals surface area contributed by atoms with E-state index >= 15 is 0 Å². The first-order valence-electron chi connectivity index (χ1n) is 4.00. The number of nitrogens with one attached hydrogen (secondary N) is 2. The van der Waals surface area contributed by atoms with Crippen molar-refractivity contribution in [1.82, 2.24) is 15.5 Å². The van der Waals surface area contributed by atoms with Gasteiger partial charge in [-0.1, -0.05) is 11.3 Å². The summed E-state index contributed by atoms with van der Waals surface area (Å²) < 4.78 is 0. The predicted molar refractivity (Wildman–Crippen MR) is 53.8 cm³/mol. The van der Waals surface area contributed by atoms with Gasteiger partial charge in [-0.2, -0.15) is 0 Å². The highest BCUT2D eigenvalue weighted by molar-refractivity contribution is 7.13. The quantitative estimate of drug-likeness (QED) is 0.702. The number of nitrogens with zero attached hydrogens (tertiary/aromatic N) is 2. The molecule has 0 aromatic carbocycles. The number of aliphatic carboxylic acids is 1. The average Bonchev–Trinajstić information content (AvgIpc) is 2.54. The second-order valence-electron chi connectivity index (χ2n) is 3.25. The van der Waals surface area contributed by atoms with Crippen molar-refractivity contribution >= 4 is 28.5 Å². The first kappa shape index (κ1) is 11.4. The number of carboxylic acids is 1. The molecule has 8 heteroatoms. The fourth-order valence-corrected chi connectivity index (χ4v) is 1.13. The Balaban J connectivity index is 2.53. The fourth-order valence-electron chi connectivity index (χ4n) is 0.693. The highest BCUT2D eigenvalue weighted by Gasteiger charge is 2.29. The molecule has 7 nitrogen and oxygen atoms in total. The van der Waals surface area contributed by atoms with Crippen LogP contribution < -0.4 is 10.6 Å². The topological polar surface area (TPSA) is 104 Å². The van der Waals surface area contributed by atoms with E-state index < -0.39 is 17.5 Å². The second kappa shape index (κ2) is 4.22. The van der Waals surface area contributed by atoms with Crippen molar-refractivity contribution in [3.05, 3.63) is 5.51 Å². The molecule has 2 amide bonds. The molecule has 1 aromatic heterocycles. The summed E-state index contributed by atoms with van der Waals surface area (Å²) in [5.74, 6) is -1.12. The standard InChI is InChI=1S/C7H10N4O3S/c1-7(2,4(12)13)10-5(14)9-6-11-8-3-15-6/h3H,1-2H3,(H,12,13)(H2,9,10,11,14). The van der Waals surface area contributed by atoms with Gasteiger partial charge in [0.25, 0.3) is 0 Å². The van der Waals surface area contributed by atoms with Gasteiger partial charge in [0, 0.05) is 0 Å². The lowest BCUT2D eigenvalue weighted by atomic mass is 10.1. The number of urea groups is 1. The summed E-state index contributed by atoms with van der Waals surface area (Å²) in [5.41, 5.74) is 0.132. The molecule has 0 aliphatic heterocycles. The number of amides is 2. The van der Waals surface area contributed by atoms with E-state index in [-0.39, 0.29) is 0 Å².